The third kappa shape index (κ3) is 1.59. The quantitative estimate of drug-likeness (QED) is 0.436. The number of benzene rings is 1. The van der Waals surface area contributed by atoms with E-state index in [1.165, 1.54) is 28.0 Å². The largest absolute Gasteiger partial charge is 0.297 e. The third-order valence-electron chi connectivity index (χ3n) is 4.98. The first-order valence-electron chi connectivity index (χ1n) is 8.31. The highest BCUT2D eigenvalue weighted by molar-refractivity contribution is 5.94. The molecule has 0 amide bonds. The maximum Gasteiger partial charge on any atom is 0.297 e. The van der Waals surface area contributed by atoms with Crippen LogP contribution < -0.4 is 4.57 Å². The minimum atomic E-state index is 0.862. The highest BCUT2D eigenvalue weighted by Gasteiger charge is 2.36. The zero-order valence-electron chi connectivity index (χ0n) is 13.4. The molecule has 0 saturated carbocycles. The molecule has 1 aromatic carbocycles. The number of pyridine rings is 1. The van der Waals surface area contributed by atoms with Gasteiger partial charge in [-0.05, 0) is 30.3 Å². The van der Waals surface area contributed by atoms with Gasteiger partial charge in [-0.2, -0.15) is 9.67 Å². The summed E-state index contributed by atoms with van der Waals surface area (Å²) in [5.74, 6) is 1.19. The van der Waals surface area contributed by atoms with Gasteiger partial charge in [-0.15, -0.1) is 0 Å². The molecule has 0 bridgehead atoms. The zero-order chi connectivity index (χ0) is 16.4. The smallest absolute Gasteiger partial charge is 0.264 e. The summed E-state index contributed by atoms with van der Waals surface area (Å²) in [4.78, 5) is 4.36. The molecule has 0 spiro atoms. The van der Waals surface area contributed by atoms with Crippen LogP contribution in [0, 0.1) is 0 Å². The molecule has 6 rings (SSSR count). The van der Waals surface area contributed by atoms with Crippen molar-refractivity contribution in [2.24, 2.45) is 0 Å². The van der Waals surface area contributed by atoms with E-state index in [0.717, 1.165) is 17.7 Å². The van der Waals surface area contributed by atoms with E-state index >= 15 is 0 Å². The molecule has 5 nitrogen and oxygen atoms in total. The fraction of sp³-hybridized carbons (Fsp3) is 0.0500. The van der Waals surface area contributed by atoms with Crippen molar-refractivity contribution >= 4 is 16.6 Å². The molecule has 5 heterocycles. The Kier molecular flexibility index (Phi) is 2.34. The monoisotopic (exact) mass is 324 g/mol. The van der Waals surface area contributed by atoms with Gasteiger partial charge >= 0.3 is 0 Å². The Hall–Kier alpha value is -3.47. The lowest BCUT2D eigenvalue weighted by atomic mass is 10.1. The minimum absolute atomic E-state index is 0.862. The highest BCUT2D eigenvalue weighted by Crippen LogP contribution is 2.35. The van der Waals surface area contributed by atoms with E-state index in [9.17, 15) is 0 Å². The Morgan fingerprint density at radius 3 is 2.80 bits per heavy atom. The molecular weight excluding hydrogens is 310 g/mol. The number of para-hydroxylation sites is 1. The molecular formula is C20H14N5+. The number of fused-ring (bicyclic) bond motifs is 7. The Morgan fingerprint density at radius 1 is 0.960 bits per heavy atom. The normalized spacial score (nSPS) is 12.6. The van der Waals surface area contributed by atoms with Crippen LogP contribution in [0.2, 0.25) is 0 Å². The van der Waals surface area contributed by atoms with Crippen LogP contribution in [-0.2, 0) is 6.54 Å². The standard InChI is InChI=1S/C20H14N5/c1-2-5-15(6-3-1)25-19-17-7-4-9-22-24(17)13-18(19)23-12-14-8-10-21-11-16(14)20(23)25/h1-11,13H,12H2/q+1. The predicted molar refractivity (Wildman–Crippen MR) is 94.6 cm³/mol. The SMILES string of the molecule is c1ccc(-n2c3[n+](c4cn5ncccc5c42)Cc2ccncc2-3)cc1. The van der Waals surface area contributed by atoms with E-state index in [1.807, 2.05) is 35.2 Å². The highest BCUT2D eigenvalue weighted by atomic mass is 15.3. The second kappa shape index (κ2) is 4.54. The van der Waals surface area contributed by atoms with E-state index in [-0.39, 0.29) is 0 Å². The van der Waals surface area contributed by atoms with Gasteiger partial charge < -0.3 is 0 Å². The van der Waals surface area contributed by atoms with Gasteiger partial charge in [0, 0.05) is 24.2 Å². The molecule has 0 unspecified atom stereocenters. The van der Waals surface area contributed by atoms with Gasteiger partial charge in [0.25, 0.3) is 5.82 Å². The van der Waals surface area contributed by atoms with Gasteiger partial charge in [-0.1, -0.05) is 18.2 Å². The number of imidazole rings is 1. The number of nitrogens with zero attached hydrogens (tertiary/aromatic N) is 5. The van der Waals surface area contributed by atoms with Gasteiger partial charge in [0.05, 0.1) is 11.8 Å². The van der Waals surface area contributed by atoms with Crippen LogP contribution in [-0.4, -0.2) is 19.2 Å². The molecule has 1 aliphatic rings. The number of hydrogen-bond acceptors (Lipinski definition) is 2. The molecule has 0 radical (unpaired) electrons. The molecule has 1 aliphatic heterocycles. The summed E-state index contributed by atoms with van der Waals surface area (Å²) in [5.41, 5.74) is 7.13. The molecule has 0 fully saturated rings. The van der Waals surface area contributed by atoms with Crippen LogP contribution in [0.15, 0.2) is 73.3 Å². The minimum Gasteiger partial charge on any atom is -0.264 e. The summed E-state index contributed by atoms with van der Waals surface area (Å²) in [5, 5.41) is 4.48. The molecule has 5 heteroatoms. The van der Waals surface area contributed by atoms with E-state index in [0.29, 0.717) is 0 Å². The molecule has 0 atom stereocenters. The molecule has 0 saturated heterocycles. The van der Waals surface area contributed by atoms with E-state index < -0.39 is 0 Å². The first-order valence-corrected chi connectivity index (χ1v) is 8.31. The first kappa shape index (κ1) is 12.9. The summed E-state index contributed by atoms with van der Waals surface area (Å²) in [6.45, 7) is 0.862. The second-order valence-electron chi connectivity index (χ2n) is 6.33. The van der Waals surface area contributed by atoms with E-state index in [4.69, 9.17) is 0 Å². The van der Waals surface area contributed by atoms with Gasteiger partial charge in [0.1, 0.15) is 17.7 Å². The average Bonchev–Trinajstić information content (AvgIpc) is 3.30. The predicted octanol–water partition coefficient (Wildman–Crippen LogP) is 2.99. The van der Waals surface area contributed by atoms with Crippen LogP contribution in [0.25, 0.3) is 33.6 Å². The molecule has 0 aliphatic carbocycles. The van der Waals surface area contributed by atoms with Gasteiger partial charge in [-0.25, -0.2) is 9.08 Å². The fourth-order valence-electron chi connectivity index (χ4n) is 3.94. The van der Waals surface area contributed by atoms with Crippen molar-refractivity contribution in [1.82, 2.24) is 19.2 Å². The zero-order valence-corrected chi connectivity index (χ0v) is 13.4. The van der Waals surface area contributed by atoms with Crippen LogP contribution in [0.3, 0.4) is 0 Å². The lowest BCUT2D eigenvalue weighted by Gasteiger charge is -2.02. The summed E-state index contributed by atoms with van der Waals surface area (Å²) < 4.78 is 6.65. The van der Waals surface area contributed by atoms with Crippen molar-refractivity contribution in [3.05, 3.63) is 78.9 Å². The van der Waals surface area contributed by atoms with Crippen LogP contribution in [0.4, 0.5) is 0 Å². The number of hydrogen-bond donors (Lipinski definition) is 0. The maximum absolute atomic E-state index is 4.48. The Morgan fingerprint density at radius 2 is 1.88 bits per heavy atom. The maximum atomic E-state index is 4.48. The van der Waals surface area contributed by atoms with Crippen molar-refractivity contribution in [3.63, 3.8) is 0 Å². The molecule has 5 aromatic rings. The van der Waals surface area contributed by atoms with Crippen molar-refractivity contribution in [2.45, 2.75) is 6.54 Å². The number of aromatic nitrogens is 5. The van der Waals surface area contributed by atoms with Crippen LogP contribution in [0.1, 0.15) is 5.56 Å². The lowest BCUT2D eigenvalue weighted by molar-refractivity contribution is -0.645. The topological polar surface area (TPSA) is 39.0 Å². The molecule has 0 N–H and O–H groups in total. The first-order chi connectivity index (χ1) is 12.4. The Labute approximate surface area is 143 Å². The summed E-state index contributed by atoms with van der Waals surface area (Å²) in [6.07, 6.45) is 7.78. The van der Waals surface area contributed by atoms with Crippen molar-refractivity contribution < 1.29 is 4.57 Å². The van der Waals surface area contributed by atoms with E-state index in [2.05, 4.69) is 61.8 Å². The molecule has 118 valence electrons. The lowest BCUT2D eigenvalue weighted by Crippen LogP contribution is -2.31. The third-order valence-corrected chi connectivity index (χ3v) is 4.98. The van der Waals surface area contributed by atoms with Crippen molar-refractivity contribution in [2.75, 3.05) is 0 Å². The second-order valence-corrected chi connectivity index (χ2v) is 6.33. The summed E-state index contributed by atoms with van der Waals surface area (Å²) >= 11 is 0. The fourth-order valence-corrected chi connectivity index (χ4v) is 3.94. The van der Waals surface area contributed by atoms with Crippen LogP contribution >= 0.6 is 0 Å². The molecule has 4 aromatic heterocycles. The van der Waals surface area contributed by atoms with Gasteiger partial charge in [-0.3, -0.25) is 4.98 Å². The van der Waals surface area contributed by atoms with Crippen molar-refractivity contribution in [3.8, 4) is 17.1 Å². The van der Waals surface area contributed by atoms with Gasteiger partial charge in [0.2, 0.25) is 5.52 Å². The van der Waals surface area contributed by atoms with E-state index in [1.54, 1.807) is 0 Å². The van der Waals surface area contributed by atoms with Gasteiger partial charge in [0.15, 0.2) is 5.52 Å². The summed E-state index contributed by atoms with van der Waals surface area (Å²) in [7, 11) is 0. The Balaban J connectivity index is 1.84. The average molecular weight is 324 g/mol. The Bertz CT molecular complexity index is 1260. The summed E-state index contributed by atoms with van der Waals surface area (Å²) in [6, 6.07) is 16.7. The van der Waals surface area contributed by atoms with Crippen LogP contribution in [0.5, 0.6) is 0 Å². The molecule has 25 heavy (non-hydrogen) atoms. The van der Waals surface area contributed by atoms with Crippen molar-refractivity contribution in [1.29, 1.82) is 0 Å². The number of rotatable bonds is 1.